The smallest absolute Gasteiger partial charge is 0.459 e. The summed E-state index contributed by atoms with van der Waals surface area (Å²) in [5, 5.41) is 13.8. The van der Waals surface area contributed by atoms with E-state index in [1.807, 2.05) is 0 Å². The highest BCUT2D eigenvalue weighted by atomic mass is 31.2. The maximum Gasteiger partial charge on any atom is 0.459 e. The summed E-state index contributed by atoms with van der Waals surface area (Å²) in [5.74, 6) is -0.278. The van der Waals surface area contributed by atoms with Crippen molar-refractivity contribution in [3.05, 3.63) is 36.7 Å². The Bertz CT molecular complexity index is 1390. The van der Waals surface area contributed by atoms with Crippen molar-refractivity contribution in [2.24, 2.45) is 0 Å². The summed E-state index contributed by atoms with van der Waals surface area (Å²) in [4.78, 5) is 24.6. The van der Waals surface area contributed by atoms with E-state index in [1.165, 1.54) is 27.5 Å². The number of nitrogens with zero attached hydrogens (tertiary/aromatic N) is 4. The first-order valence-corrected chi connectivity index (χ1v) is 13.6. The molecular weight excluding hydrogens is 535 g/mol. The van der Waals surface area contributed by atoms with Crippen LogP contribution in [0.4, 0.5) is 5.95 Å². The molecule has 4 heterocycles. The minimum Gasteiger partial charge on any atom is -0.479 e. The van der Waals surface area contributed by atoms with Crippen LogP contribution in [-0.2, 0) is 28.1 Å². The molecule has 0 bridgehead atoms. The largest absolute Gasteiger partial charge is 0.479 e. The first kappa shape index (κ1) is 27.2. The molecule has 1 unspecified atom stereocenters. The predicted molar refractivity (Wildman–Crippen MR) is 135 cm³/mol. The maximum atomic E-state index is 13.7. The van der Waals surface area contributed by atoms with Crippen molar-refractivity contribution >= 4 is 30.8 Å². The number of hydrogen-bond donors (Lipinski definition) is 3. The van der Waals surface area contributed by atoms with Crippen LogP contribution in [0.1, 0.15) is 19.6 Å². The third-order valence-electron chi connectivity index (χ3n) is 6.57. The number of nitrogens with one attached hydrogen (secondary N) is 1. The lowest BCUT2D eigenvalue weighted by Gasteiger charge is -2.44. The number of hydrogen-bond acceptors (Lipinski definition) is 13. The Morgan fingerprint density at radius 3 is 2.72 bits per heavy atom. The summed E-state index contributed by atoms with van der Waals surface area (Å²) in [7, 11) is -1.52. The zero-order chi connectivity index (χ0) is 27.8. The van der Waals surface area contributed by atoms with E-state index in [0.29, 0.717) is 24.2 Å². The number of carbonyl (C=O) groups excluding carboxylic acids is 1. The van der Waals surface area contributed by atoms with Crippen molar-refractivity contribution in [3.8, 4) is 11.6 Å². The van der Waals surface area contributed by atoms with Crippen molar-refractivity contribution in [1.82, 2.24) is 24.6 Å². The predicted octanol–water partition coefficient (Wildman–Crippen LogP) is 1.19. The van der Waals surface area contributed by atoms with Crippen LogP contribution < -0.4 is 20.1 Å². The number of aliphatic hydroxyl groups excluding tert-OH is 1. The highest BCUT2D eigenvalue weighted by Crippen LogP contribution is 2.51. The Kier molecular flexibility index (Phi) is 7.46. The molecule has 3 aromatic rings. The Balaban J connectivity index is 1.40. The SMILES string of the molecule is COC(=O)[C@H](C)NP(=O)(OC[C@H]1O[C@@H](n2cnc3c(OC)nc(N)nc32)[C@@]2(CCO2)[C@@H]1O)Oc1ccccc1. The summed E-state index contributed by atoms with van der Waals surface area (Å²) in [6, 6.07) is 7.29. The van der Waals surface area contributed by atoms with E-state index in [-0.39, 0.29) is 24.2 Å². The minimum atomic E-state index is -4.17. The van der Waals surface area contributed by atoms with Gasteiger partial charge >= 0.3 is 13.7 Å². The van der Waals surface area contributed by atoms with Gasteiger partial charge in [0, 0.05) is 6.42 Å². The molecule has 2 aromatic heterocycles. The molecule has 2 aliphatic heterocycles. The lowest BCUT2D eigenvalue weighted by molar-refractivity contribution is -0.225. The van der Waals surface area contributed by atoms with Crippen LogP contribution in [0.2, 0.25) is 0 Å². The van der Waals surface area contributed by atoms with Crippen molar-refractivity contribution in [2.45, 2.75) is 43.4 Å². The number of carbonyl (C=O) groups is 1. The molecule has 2 saturated heterocycles. The Morgan fingerprint density at radius 1 is 1.33 bits per heavy atom. The summed E-state index contributed by atoms with van der Waals surface area (Å²) in [6.07, 6.45) is -1.14. The number of para-hydroxylation sites is 1. The van der Waals surface area contributed by atoms with Gasteiger partial charge in [-0.1, -0.05) is 18.2 Å². The van der Waals surface area contributed by atoms with Crippen molar-refractivity contribution in [2.75, 3.05) is 33.2 Å². The first-order valence-electron chi connectivity index (χ1n) is 12.1. The third kappa shape index (κ3) is 5.04. The summed E-state index contributed by atoms with van der Waals surface area (Å²) < 4.78 is 48.7. The topological polar surface area (TPSA) is 191 Å². The molecule has 0 amide bonds. The zero-order valence-corrected chi connectivity index (χ0v) is 22.3. The van der Waals surface area contributed by atoms with Gasteiger partial charge in [0.2, 0.25) is 11.8 Å². The van der Waals surface area contributed by atoms with Gasteiger partial charge in [0.05, 0.1) is 33.8 Å². The van der Waals surface area contributed by atoms with Gasteiger partial charge in [-0.25, -0.2) is 9.55 Å². The molecule has 39 heavy (non-hydrogen) atoms. The Morgan fingerprint density at radius 2 is 2.08 bits per heavy atom. The van der Waals surface area contributed by atoms with E-state index in [0.717, 1.165) is 0 Å². The van der Waals surface area contributed by atoms with Crippen molar-refractivity contribution in [1.29, 1.82) is 0 Å². The molecule has 5 rings (SSSR count). The number of nitrogens with two attached hydrogens (primary N) is 1. The maximum absolute atomic E-state index is 13.7. The molecule has 1 aromatic carbocycles. The van der Waals surface area contributed by atoms with Gasteiger partial charge in [0.15, 0.2) is 17.4 Å². The number of aliphatic hydroxyl groups is 1. The average Bonchev–Trinajstić information content (AvgIpc) is 3.45. The van der Waals surface area contributed by atoms with Gasteiger partial charge in [-0.05, 0) is 19.1 Å². The van der Waals surface area contributed by atoms with Gasteiger partial charge in [-0.3, -0.25) is 13.9 Å². The fourth-order valence-electron chi connectivity index (χ4n) is 4.58. The number of benzene rings is 1. The van der Waals surface area contributed by atoms with Crippen LogP contribution in [0.5, 0.6) is 11.6 Å². The summed E-state index contributed by atoms with van der Waals surface area (Å²) >= 11 is 0. The molecule has 2 fully saturated rings. The monoisotopic (exact) mass is 564 g/mol. The van der Waals surface area contributed by atoms with E-state index in [1.54, 1.807) is 34.9 Å². The number of fused-ring (bicyclic) bond motifs is 1. The molecule has 0 saturated carbocycles. The van der Waals surface area contributed by atoms with Crippen LogP contribution in [0.15, 0.2) is 36.7 Å². The number of methoxy groups -OCH3 is 2. The lowest BCUT2D eigenvalue weighted by Crippen LogP contribution is -2.56. The number of anilines is 1. The van der Waals surface area contributed by atoms with Crippen LogP contribution in [0, 0.1) is 0 Å². The second-order valence-corrected chi connectivity index (χ2v) is 10.7. The average molecular weight is 564 g/mol. The first-order chi connectivity index (χ1) is 18.7. The third-order valence-corrected chi connectivity index (χ3v) is 8.22. The Hall–Kier alpha value is -3.33. The number of nitrogen functional groups attached to an aromatic ring is 1. The lowest BCUT2D eigenvalue weighted by atomic mass is 9.86. The quantitative estimate of drug-likeness (QED) is 0.235. The molecular formula is C23H29N6O9P. The summed E-state index contributed by atoms with van der Waals surface area (Å²) in [6.45, 7) is 1.47. The van der Waals surface area contributed by atoms with Gasteiger partial charge in [-0.15, -0.1) is 0 Å². The Labute approximate surface area is 223 Å². The minimum absolute atomic E-state index is 0.0343. The number of esters is 1. The number of imidazole rings is 1. The zero-order valence-electron chi connectivity index (χ0n) is 21.4. The van der Waals surface area contributed by atoms with E-state index in [2.05, 4.69) is 20.0 Å². The van der Waals surface area contributed by atoms with Crippen LogP contribution in [0.25, 0.3) is 11.2 Å². The number of aromatic nitrogens is 4. The fourth-order valence-corrected chi connectivity index (χ4v) is 6.08. The molecule has 0 aliphatic carbocycles. The molecule has 15 nitrogen and oxygen atoms in total. The molecule has 4 N–H and O–H groups in total. The molecule has 16 heteroatoms. The standard InChI is InChI=1S/C23H29N6O9P/c1-13(20(31)34-3)28-39(32,38-14-7-5-4-6-8-14)36-11-15-17(30)23(9-10-35-23)21(37-15)29-12-25-16-18(29)26-22(24)27-19(16)33-2/h4-8,12-13,15,17,21,30H,9-11H2,1-3H3,(H,28,32)(H2,24,26,27)/t13-,15+,17+,21+,23+,39?/m0/s1. The summed E-state index contributed by atoms with van der Waals surface area (Å²) in [5.41, 5.74) is 5.38. The molecule has 1 spiro atoms. The van der Waals surface area contributed by atoms with Gasteiger partial charge in [0.25, 0.3) is 0 Å². The molecule has 210 valence electrons. The van der Waals surface area contributed by atoms with E-state index in [4.69, 9.17) is 33.7 Å². The second kappa shape index (κ2) is 10.7. The van der Waals surface area contributed by atoms with Crippen molar-refractivity contribution < 1.29 is 42.5 Å². The highest BCUT2D eigenvalue weighted by molar-refractivity contribution is 7.52. The van der Waals surface area contributed by atoms with Gasteiger partial charge in [-0.2, -0.15) is 15.1 Å². The van der Waals surface area contributed by atoms with Crippen LogP contribution in [-0.4, -0.2) is 81.9 Å². The van der Waals surface area contributed by atoms with Crippen LogP contribution in [0.3, 0.4) is 0 Å². The number of ether oxygens (including phenoxy) is 4. The number of rotatable bonds is 10. The van der Waals surface area contributed by atoms with Gasteiger partial charge in [0.1, 0.15) is 29.6 Å². The fraction of sp³-hybridized carbons (Fsp3) is 0.478. The normalized spacial score (nSPS) is 26.6. The van der Waals surface area contributed by atoms with Crippen LogP contribution >= 0.6 is 7.75 Å². The van der Waals surface area contributed by atoms with E-state index in [9.17, 15) is 14.5 Å². The van der Waals surface area contributed by atoms with E-state index >= 15 is 0 Å². The highest BCUT2D eigenvalue weighted by Gasteiger charge is 2.62. The second-order valence-electron chi connectivity index (χ2n) is 9.01. The molecule has 0 radical (unpaired) electrons. The molecule has 6 atom stereocenters. The van der Waals surface area contributed by atoms with Crippen molar-refractivity contribution in [3.63, 3.8) is 0 Å². The molecule has 2 aliphatic rings. The van der Waals surface area contributed by atoms with Gasteiger partial charge < -0.3 is 34.3 Å². The van der Waals surface area contributed by atoms with E-state index < -0.39 is 43.8 Å².